The van der Waals surface area contributed by atoms with Crippen LogP contribution in [0.3, 0.4) is 0 Å². The summed E-state index contributed by atoms with van der Waals surface area (Å²) < 4.78 is 0. The second kappa shape index (κ2) is 9.57. The van der Waals surface area contributed by atoms with Crippen LogP contribution < -0.4 is 16.0 Å². The standard InChI is InChI=1S/C18H20ClN3O2/c19-15-8-10-16(11-9-15)22-17(23)7-4-12-20-18(24)21-13-14-5-2-1-3-6-14/h1-3,5-6,8-11H,4,7,12-13H2,(H,22,23)(H2,20,21,24). The van der Waals surface area contributed by atoms with Crippen LogP contribution in [-0.2, 0) is 11.3 Å². The first-order valence-electron chi connectivity index (χ1n) is 7.74. The van der Waals surface area contributed by atoms with Crippen LogP contribution in [0.2, 0.25) is 5.02 Å². The van der Waals surface area contributed by atoms with E-state index in [4.69, 9.17) is 11.6 Å². The fraction of sp³-hybridized carbons (Fsp3) is 0.222. The number of anilines is 1. The second-order valence-corrected chi connectivity index (χ2v) is 5.69. The highest BCUT2D eigenvalue weighted by Crippen LogP contribution is 2.13. The second-order valence-electron chi connectivity index (χ2n) is 5.25. The molecule has 0 unspecified atom stereocenters. The van der Waals surface area contributed by atoms with Crippen molar-refractivity contribution in [2.75, 3.05) is 11.9 Å². The number of amides is 3. The summed E-state index contributed by atoms with van der Waals surface area (Å²) in [5, 5.41) is 8.90. The molecular formula is C18H20ClN3O2. The molecule has 3 amide bonds. The minimum absolute atomic E-state index is 0.0937. The van der Waals surface area contributed by atoms with E-state index in [-0.39, 0.29) is 11.9 Å². The number of hydrogen-bond donors (Lipinski definition) is 3. The van der Waals surface area contributed by atoms with Gasteiger partial charge in [-0.3, -0.25) is 4.79 Å². The van der Waals surface area contributed by atoms with Crippen molar-refractivity contribution in [1.29, 1.82) is 0 Å². The topological polar surface area (TPSA) is 70.2 Å². The van der Waals surface area contributed by atoms with Gasteiger partial charge in [-0.25, -0.2) is 4.79 Å². The number of urea groups is 1. The Morgan fingerprint density at radius 1 is 0.917 bits per heavy atom. The van der Waals surface area contributed by atoms with Crippen LogP contribution in [-0.4, -0.2) is 18.5 Å². The van der Waals surface area contributed by atoms with E-state index >= 15 is 0 Å². The van der Waals surface area contributed by atoms with E-state index in [0.29, 0.717) is 36.6 Å². The van der Waals surface area contributed by atoms with Crippen molar-refractivity contribution < 1.29 is 9.59 Å². The largest absolute Gasteiger partial charge is 0.338 e. The smallest absolute Gasteiger partial charge is 0.315 e. The molecule has 0 saturated heterocycles. The molecule has 2 rings (SSSR count). The average molecular weight is 346 g/mol. The third-order valence-electron chi connectivity index (χ3n) is 3.29. The minimum atomic E-state index is -0.239. The Kier molecular flexibility index (Phi) is 7.11. The molecule has 0 atom stereocenters. The van der Waals surface area contributed by atoms with Crippen molar-refractivity contribution in [1.82, 2.24) is 10.6 Å². The lowest BCUT2D eigenvalue weighted by Crippen LogP contribution is -2.35. The molecule has 0 heterocycles. The molecule has 0 aliphatic heterocycles. The molecule has 2 aromatic rings. The van der Waals surface area contributed by atoms with Gasteiger partial charge in [-0.05, 0) is 36.2 Å². The molecule has 0 fully saturated rings. The predicted molar refractivity (Wildman–Crippen MR) is 96.0 cm³/mol. The maximum Gasteiger partial charge on any atom is 0.315 e. The summed E-state index contributed by atoms with van der Waals surface area (Å²) in [7, 11) is 0. The molecule has 5 nitrogen and oxygen atoms in total. The zero-order chi connectivity index (χ0) is 17.2. The van der Waals surface area contributed by atoms with Crippen molar-refractivity contribution in [2.24, 2.45) is 0 Å². The van der Waals surface area contributed by atoms with Crippen molar-refractivity contribution in [3.8, 4) is 0 Å². The van der Waals surface area contributed by atoms with Gasteiger partial charge in [0.25, 0.3) is 0 Å². The van der Waals surface area contributed by atoms with Gasteiger partial charge in [-0.15, -0.1) is 0 Å². The van der Waals surface area contributed by atoms with E-state index in [0.717, 1.165) is 5.56 Å². The maximum absolute atomic E-state index is 11.8. The lowest BCUT2D eigenvalue weighted by molar-refractivity contribution is -0.116. The molecule has 0 aromatic heterocycles. The molecule has 0 aliphatic rings. The Labute approximate surface area is 146 Å². The summed E-state index contributed by atoms with van der Waals surface area (Å²) >= 11 is 5.79. The Morgan fingerprint density at radius 3 is 2.33 bits per heavy atom. The number of rotatable bonds is 7. The molecule has 24 heavy (non-hydrogen) atoms. The summed E-state index contributed by atoms with van der Waals surface area (Å²) in [6.07, 6.45) is 0.903. The van der Waals surface area contributed by atoms with Gasteiger partial charge in [0.1, 0.15) is 0 Å². The van der Waals surface area contributed by atoms with Crippen molar-refractivity contribution in [3.63, 3.8) is 0 Å². The zero-order valence-electron chi connectivity index (χ0n) is 13.2. The van der Waals surface area contributed by atoms with Crippen molar-refractivity contribution in [3.05, 3.63) is 65.2 Å². The van der Waals surface area contributed by atoms with Gasteiger partial charge in [0.2, 0.25) is 5.91 Å². The van der Waals surface area contributed by atoms with E-state index in [1.807, 2.05) is 30.3 Å². The van der Waals surface area contributed by atoms with Crippen molar-refractivity contribution >= 4 is 29.2 Å². The monoisotopic (exact) mass is 345 g/mol. The molecular weight excluding hydrogens is 326 g/mol. The highest BCUT2D eigenvalue weighted by molar-refractivity contribution is 6.30. The first kappa shape index (κ1) is 17.8. The van der Waals surface area contributed by atoms with E-state index in [1.165, 1.54) is 0 Å². The van der Waals surface area contributed by atoms with Crippen LogP contribution in [0.25, 0.3) is 0 Å². The van der Waals surface area contributed by atoms with E-state index in [2.05, 4.69) is 16.0 Å². The Morgan fingerprint density at radius 2 is 1.62 bits per heavy atom. The number of carbonyl (C=O) groups is 2. The first-order chi connectivity index (χ1) is 11.6. The lowest BCUT2D eigenvalue weighted by Gasteiger charge is -2.08. The highest BCUT2D eigenvalue weighted by Gasteiger charge is 2.04. The SMILES string of the molecule is O=C(CCCNC(=O)NCc1ccccc1)Nc1ccc(Cl)cc1. The average Bonchev–Trinajstić information content (AvgIpc) is 2.60. The Hall–Kier alpha value is -2.53. The Bertz CT molecular complexity index is 660. The van der Waals surface area contributed by atoms with Gasteiger partial charge in [-0.2, -0.15) is 0 Å². The van der Waals surface area contributed by atoms with E-state index < -0.39 is 0 Å². The quantitative estimate of drug-likeness (QED) is 0.671. The summed E-state index contributed by atoms with van der Waals surface area (Å²) in [5.74, 6) is -0.0937. The van der Waals surface area contributed by atoms with Crippen LogP contribution >= 0.6 is 11.6 Å². The van der Waals surface area contributed by atoms with Crippen molar-refractivity contribution in [2.45, 2.75) is 19.4 Å². The highest BCUT2D eigenvalue weighted by atomic mass is 35.5. The molecule has 126 valence electrons. The maximum atomic E-state index is 11.8. The number of nitrogens with one attached hydrogen (secondary N) is 3. The zero-order valence-corrected chi connectivity index (χ0v) is 14.0. The van der Waals surface area contributed by atoms with Gasteiger partial charge in [0.05, 0.1) is 0 Å². The molecule has 6 heteroatoms. The van der Waals surface area contributed by atoms with Gasteiger partial charge >= 0.3 is 6.03 Å². The first-order valence-corrected chi connectivity index (χ1v) is 8.12. The predicted octanol–water partition coefficient (Wildman–Crippen LogP) is 3.56. The summed E-state index contributed by atoms with van der Waals surface area (Å²) in [6.45, 7) is 0.915. The van der Waals surface area contributed by atoms with E-state index in [1.54, 1.807) is 24.3 Å². The van der Waals surface area contributed by atoms with Gasteiger partial charge in [0, 0.05) is 30.2 Å². The van der Waals surface area contributed by atoms with Gasteiger partial charge in [0.15, 0.2) is 0 Å². The molecule has 0 radical (unpaired) electrons. The molecule has 0 bridgehead atoms. The third-order valence-corrected chi connectivity index (χ3v) is 3.54. The van der Waals surface area contributed by atoms with Gasteiger partial charge in [-0.1, -0.05) is 41.9 Å². The molecule has 3 N–H and O–H groups in total. The number of halogens is 1. The molecule has 2 aromatic carbocycles. The summed E-state index contributed by atoms with van der Waals surface area (Å²) in [4.78, 5) is 23.4. The number of carbonyl (C=O) groups excluding carboxylic acids is 2. The van der Waals surface area contributed by atoms with Crippen LogP contribution in [0.4, 0.5) is 10.5 Å². The van der Waals surface area contributed by atoms with Crippen LogP contribution in [0, 0.1) is 0 Å². The lowest BCUT2D eigenvalue weighted by atomic mass is 10.2. The van der Waals surface area contributed by atoms with Crippen LogP contribution in [0.15, 0.2) is 54.6 Å². The third kappa shape index (κ3) is 6.71. The van der Waals surface area contributed by atoms with Crippen LogP contribution in [0.5, 0.6) is 0 Å². The molecule has 0 saturated carbocycles. The van der Waals surface area contributed by atoms with Gasteiger partial charge < -0.3 is 16.0 Å². The Balaban J connectivity index is 1.57. The molecule has 0 spiro atoms. The fourth-order valence-electron chi connectivity index (χ4n) is 2.05. The van der Waals surface area contributed by atoms with E-state index in [9.17, 15) is 9.59 Å². The molecule has 0 aliphatic carbocycles. The fourth-order valence-corrected chi connectivity index (χ4v) is 2.17. The normalized spacial score (nSPS) is 10.0. The summed E-state index contributed by atoms with van der Waals surface area (Å²) in [6, 6.07) is 16.4. The minimum Gasteiger partial charge on any atom is -0.338 e. The summed E-state index contributed by atoms with van der Waals surface area (Å²) in [5.41, 5.74) is 1.74. The number of benzene rings is 2. The number of hydrogen-bond acceptors (Lipinski definition) is 2. The van der Waals surface area contributed by atoms with Crippen LogP contribution in [0.1, 0.15) is 18.4 Å².